The second-order valence-corrected chi connectivity index (χ2v) is 8.90. The zero-order valence-electron chi connectivity index (χ0n) is 19.6. The first-order valence-electron chi connectivity index (χ1n) is 11.0. The third kappa shape index (κ3) is 6.93. The van der Waals surface area contributed by atoms with E-state index in [9.17, 15) is 14.4 Å². The van der Waals surface area contributed by atoms with E-state index in [0.717, 1.165) is 5.56 Å². The number of nitrogens with one attached hydrogen (secondary N) is 2. The largest absolute Gasteiger partial charge is 0.457 e. The third-order valence-corrected chi connectivity index (χ3v) is 5.14. The Balaban J connectivity index is 1.45. The topological polar surface area (TPSA) is 111 Å². The maximum absolute atomic E-state index is 12.3. The van der Waals surface area contributed by atoms with E-state index in [1.807, 2.05) is 12.1 Å². The summed E-state index contributed by atoms with van der Waals surface area (Å²) >= 11 is 0. The summed E-state index contributed by atoms with van der Waals surface area (Å²) < 4.78 is 5.72. The van der Waals surface area contributed by atoms with E-state index < -0.39 is 5.91 Å². The summed E-state index contributed by atoms with van der Waals surface area (Å²) in [6, 6.07) is 20.9. The van der Waals surface area contributed by atoms with Crippen molar-refractivity contribution in [1.29, 1.82) is 0 Å². The number of rotatable bonds is 8. The molecule has 3 aromatic carbocycles. The molecule has 0 aliphatic carbocycles. The van der Waals surface area contributed by atoms with Crippen LogP contribution in [0.4, 0.5) is 5.69 Å². The summed E-state index contributed by atoms with van der Waals surface area (Å²) in [5, 5.41) is 5.56. The fourth-order valence-electron chi connectivity index (χ4n) is 3.19. The summed E-state index contributed by atoms with van der Waals surface area (Å²) in [5.41, 5.74) is 7.98. The van der Waals surface area contributed by atoms with Crippen molar-refractivity contribution in [3.63, 3.8) is 0 Å². The molecule has 0 saturated carbocycles. The number of primary amides is 1. The number of amides is 3. The van der Waals surface area contributed by atoms with Crippen molar-refractivity contribution in [2.45, 2.75) is 32.6 Å². The molecule has 0 atom stereocenters. The minimum Gasteiger partial charge on any atom is -0.457 e. The van der Waals surface area contributed by atoms with E-state index in [-0.39, 0.29) is 30.2 Å². The fourth-order valence-corrected chi connectivity index (χ4v) is 3.19. The predicted octanol–water partition coefficient (Wildman–Crippen LogP) is 4.63. The zero-order valence-corrected chi connectivity index (χ0v) is 19.6. The monoisotopic (exact) mass is 459 g/mol. The molecule has 0 aliphatic rings. The number of carbonyl (C=O) groups excluding carboxylic acids is 3. The molecule has 3 amide bonds. The second-order valence-electron chi connectivity index (χ2n) is 8.90. The van der Waals surface area contributed by atoms with Crippen molar-refractivity contribution < 1.29 is 19.1 Å². The van der Waals surface area contributed by atoms with Gasteiger partial charge >= 0.3 is 0 Å². The SMILES string of the molecule is CC(C)(C)c1ccc(C(=O)NCCC(=O)Nc2ccc(Oc3cccc(C(N)=O)c3)cc2)cc1. The van der Waals surface area contributed by atoms with Gasteiger partial charge in [0.15, 0.2) is 0 Å². The van der Waals surface area contributed by atoms with Gasteiger partial charge in [0.05, 0.1) is 0 Å². The highest BCUT2D eigenvalue weighted by molar-refractivity contribution is 5.95. The van der Waals surface area contributed by atoms with Crippen LogP contribution in [-0.4, -0.2) is 24.3 Å². The number of ether oxygens (including phenoxy) is 1. The van der Waals surface area contributed by atoms with Crippen molar-refractivity contribution in [3.8, 4) is 11.5 Å². The van der Waals surface area contributed by atoms with Crippen molar-refractivity contribution in [3.05, 3.63) is 89.5 Å². The molecule has 0 radical (unpaired) electrons. The van der Waals surface area contributed by atoms with Gasteiger partial charge in [0.1, 0.15) is 11.5 Å². The van der Waals surface area contributed by atoms with Gasteiger partial charge in [-0.25, -0.2) is 0 Å². The maximum Gasteiger partial charge on any atom is 0.251 e. The molecule has 4 N–H and O–H groups in total. The van der Waals surface area contributed by atoms with E-state index in [4.69, 9.17) is 10.5 Å². The molecule has 34 heavy (non-hydrogen) atoms. The first-order valence-corrected chi connectivity index (χ1v) is 11.0. The van der Waals surface area contributed by atoms with Gasteiger partial charge in [-0.15, -0.1) is 0 Å². The molecular formula is C27H29N3O4. The van der Waals surface area contributed by atoms with Gasteiger partial charge in [-0.1, -0.05) is 39.0 Å². The molecule has 176 valence electrons. The molecule has 7 nitrogen and oxygen atoms in total. The Labute approximate surface area is 199 Å². The van der Waals surface area contributed by atoms with Crippen LogP contribution in [0.15, 0.2) is 72.8 Å². The van der Waals surface area contributed by atoms with E-state index >= 15 is 0 Å². The number of carbonyl (C=O) groups is 3. The van der Waals surface area contributed by atoms with Crippen LogP contribution in [0.1, 0.15) is 53.5 Å². The van der Waals surface area contributed by atoms with Gasteiger partial charge in [-0.3, -0.25) is 14.4 Å². The number of nitrogens with two attached hydrogens (primary N) is 1. The standard InChI is InChI=1S/C27H29N3O4/c1-27(2,3)20-9-7-18(8-10-20)26(33)29-16-15-24(31)30-21-11-13-22(14-12-21)34-23-6-4-5-19(17-23)25(28)32/h4-14,17H,15-16H2,1-3H3,(H2,28,32)(H,29,33)(H,30,31). The van der Waals surface area contributed by atoms with Crippen molar-refractivity contribution >= 4 is 23.4 Å². The molecule has 0 aromatic heterocycles. The van der Waals surface area contributed by atoms with Gasteiger partial charge in [0.25, 0.3) is 5.91 Å². The predicted molar refractivity (Wildman–Crippen MR) is 132 cm³/mol. The Morgan fingerprint density at radius 1 is 0.853 bits per heavy atom. The lowest BCUT2D eigenvalue weighted by atomic mass is 9.87. The van der Waals surface area contributed by atoms with Gasteiger partial charge in [-0.05, 0) is 65.6 Å². The first kappa shape index (κ1) is 24.5. The molecule has 0 spiro atoms. The fraction of sp³-hybridized carbons (Fsp3) is 0.222. The number of benzene rings is 3. The number of hydrogen-bond acceptors (Lipinski definition) is 4. The molecule has 0 heterocycles. The smallest absolute Gasteiger partial charge is 0.251 e. The van der Waals surface area contributed by atoms with Crippen LogP contribution in [0.2, 0.25) is 0 Å². The number of hydrogen-bond donors (Lipinski definition) is 3. The van der Waals surface area contributed by atoms with Crippen LogP contribution in [0.25, 0.3) is 0 Å². The Kier molecular flexibility index (Phi) is 7.68. The molecule has 0 fully saturated rings. The molecule has 7 heteroatoms. The molecule has 3 aromatic rings. The second kappa shape index (κ2) is 10.7. The van der Waals surface area contributed by atoms with E-state index in [0.29, 0.717) is 28.3 Å². The summed E-state index contributed by atoms with van der Waals surface area (Å²) in [6.45, 7) is 6.58. The van der Waals surface area contributed by atoms with Crippen LogP contribution in [0.3, 0.4) is 0 Å². The van der Waals surface area contributed by atoms with Crippen LogP contribution in [-0.2, 0) is 10.2 Å². The average molecular weight is 460 g/mol. The highest BCUT2D eigenvalue weighted by Gasteiger charge is 2.14. The van der Waals surface area contributed by atoms with Gasteiger partial charge in [0, 0.05) is 29.8 Å². The van der Waals surface area contributed by atoms with Gasteiger partial charge < -0.3 is 21.1 Å². The van der Waals surface area contributed by atoms with E-state index in [1.54, 1.807) is 60.7 Å². The summed E-state index contributed by atoms with van der Waals surface area (Å²) in [4.78, 5) is 35.8. The normalized spacial score (nSPS) is 10.9. The Morgan fingerprint density at radius 3 is 2.15 bits per heavy atom. The number of anilines is 1. The average Bonchev–Trinajstić information content (AvgIpc) is 2.80. The lowest BCUT2D eigenvalue weighted by molar-refractivity contribution is -0.116. The first-order chi connectivity index (χ1) is 16.1. The summed E-state index contributed by atoms with van der Waals surface area (Å²) in [6.07, 6.45) is 0.143. The molecule has 0 unspecified atom stereocenters. The Morgan fingerprint density at radius 2 is 1.53 bits per heavy atom. The van der Waals surface area contributed by atoms with Crippen molar-refractivity contribution in [1.82, 2.24) is 5.32 Å². The minimum absolute atomic E-state index is 0.0213. The Bertz CT molecular complexity index is 1160. The highest BCUT2D eigenvalue weighted by Crippen LogP contribution is 2.24. The van der Waals surface area contributed by atoms with Crippen molar-refractivity contribution in [2.75, 3.05) is 11.9 Å². The summed E-state index contributed by atoms with van der Waals surface area (Å²) in [7, 11) is 0. The molecule has 3 rings (SSSR count). The van der Waals surface area contributed by atoms with Gasteiger partial charge in [0.2, 0.25) is 11.8 Å². The van der Waals surface area contributed by atoms with E-state index in [2.05, 4.69) is 31.4 Å². The molecule has 0 aliphatic heterocycles. The maximum atomic E-state index is 12.3. The van der Waals surface area contributed by atoms with Crippen LogP contribution < -0.4 is 21.1 Å². The lowest BCUT2D eigenvalue weighted by Gasteiger charge is -2.19. The minimum atomic E-state index is -0.529. The van der Waals surface area contributed by atoms with E-state index in [1.165, 1.54) is 0 Å². The molecule has 0 bridgehead atoms. The molecular weight excluding hydrogens is 430 g/mol. The molecule has 0 saturated heterocycles. The highest BCUT2D eigenvalue weighted by atomic mass is 16.5. The lowest BCUT2D eigenvalue weighted by Crippen LogP contribution is -2.27. The van der Waals surface area contributed by atoms with Crippen LogP contribution >= 0.6 is 0 Å². The zero-order chi connectivity index (χ0) is 24.7. The van der Waals surface area contributed by atoms with Crippen molar-refractivity contribution in [2.24, 2.45) is 5.73 Å². The van der Waals surface area contributed by atoms with Crippen LogP contribution in [0, 0.1) is 0 Å². The van der Waals surface area contributed by atoms with Crippen LogP contribution in [0.5, 0.6) is 11.5 Å². The third-order valence-electron chi connectivity index (χ3n) is 5.14. The van der Waals surface area contributed by atoms with Gasteiger partial charge in [-0.2, -0.15) is 0 Å². The summed E-state index contributed by atoms with van der Waals surface area (Å²) in [5.74, 6) is 0.0701. The Hall–Kier alpha value is -4.13. The quantitative estimate of drug-likeness (QED) is 0.456.